The highest BCUT2D eigenvalue weighted by molar-refractivity contribution is 6.06. The van der Waals surface area contributed by atoms with Crippen LogP contribution in [0.1, 0.15) is 38.5 Å². The molecule has 0 aromatic rings. The minimum absolute atomic E-state index is 0.178. The first-order valence-corrected chi connectivity index (χ1v) is 12.7. The van der Waals surface area contributed by atoms with E-state index in [0.29, 0.717) is 24.9 Å². The van der Waals surface area contributed by atoms with Gasteiger partial charge in [-0.1, -0.05) is 24.3 Å². The highest BCUT2D eigenvalue weighted by Crippen LogP contribution is 2.17. The van der Waals surface area contributed by atoms with Gasteiger partial charge in [0.15, 0.2) is 0 Å². The quantitative estimate of drug-likeness (QED) is 0.617. The fourth-order valence-corrected chi connectivity index (χ4v) is 4.49. The molecule has 4 heterocycles. The number of nitrogens with zero attached hydrogens (tertiary/aromatic N) is 3. The summed E-state index contributed by atoms with van der Waals surface area (Å²) in [4.78, 5) is 51.6. The fraction of sp³-hybridized carbons (Fsp3) is 0.556. The van der Waals surface area contributed by atoms with Crippen molar-refractivity contribution in [3.8, 4) is 0 Å². The molecule has 0 spiro atoms. The second-order valence-corrected chi connectivity index (χ2v) is 9.48. The molecule has 0 atom stereocenters. The third-order valence-electron chi connectivity index (χ3n) is 6.79. The Morgan fingerprint density at radius 3 is 1.69 bits per heavy atom. The summed E-state index contributed by atoms with van der Waals surface area (Å²) in [6.45, 7) is 5.18. The van der Waals surface area contributed by atoms with Crippen LogP contribution in [0, 0.1) is 11.8 Å². The standard InChI is InChI=1S/C14H20N2O2.C13H18N2O2/c1-15-10-7-12(8-11-15)5-6-14(18)16-9-3-2-4-13(16)17;16-12-3-1-2-10-15(12)13(17)5-4-11-6-8-14-9-7-11/h2,4-6,12H,3,7-11H2,1H3;1,3-5,11,14H,2,6-10H2/b6-5+;5-4+. The highest BCUT2D eigenvalue weighted by atomic mass is 16.2. The molecule has 4 aliphatic rings. The number of carbonyl (C=O) groups excluding carboxylic acids is 4. The van der Waals surface area contributed by atoms with Gasteiger partial charge in [-0.2, -0.15) is 0 Å². The Morgan fingerprint density at radius 1 is 0.771 bits per heavy atom. The predicted molar refractivity (Wildman–Crippen MR) is 135 cm³/mol. The normalized spacial score (nSPS) is 22.7. The summed E-state index contributed by atoms with van der Waals surface area (Å²) >= 11 is 0. The summed E-state index contributed by atoms with van der Waals surface area (Å²) in [6, 6.07) is 0. The van der Waals surface area contributed by atoms with Crippen LogP contribution >= 0.6 is 0 Å². The second-order valence-electron chi connectivity index (χ2n) is 9.48. The lowest BCUT2D eigenvalue weighted by atomic mass is 9.96. The molecule has 35 heavy (non-hydrogen) atoms. The van der Waals surface area contributed by atoms with Gasteiger partial charge in [-0.15, -0.1) is 0 Å². The Kier molecular flexibility index (Phi) is 10.6. The van der Waals surface area contributed by atoms with Gasteiger partial charge >= 0.3 is 0 Å². The Bertz CT molecular complexity index is 878. The lowest BCUT2D eigenvalue weighted by molar-refractivity contribution is -0.140. The molecular weight excluding hydrogens is 444 g/mol. The first-order chi connectivity index (χ1) is 16.9. The number of amides is 4. The van der Waals surface area contributed by atoms with Gasteiger partial charge in [-0.05, 0) is 108 Å². The average Bonchev–Trinajstić information content (AvgIpc) is 2.88. The van der Waals surface area contributed by atoms with Crippen LogP contribution in [-0.2, 0) is 19.2 Å². The molecule has 2 fully saturated rings. The zero-order valence-corrected chi connectivity index (χ0v) is 20.7. The lowest BCUT2D eigenvalue weighted by Crippen LogP contribution is -2.37. The number of rotatable bonds is 4. The van der Waals surface area contributed by atoms with E-state index in [1.54, 1.807) is 12.2 Å². The Hall–Kier alpha value is -2.84. The van der Waals surface area contributed by atoms with Crippen molar-refractivity contribution in [3.63, 3.8) is 0 Å². The molecule has 4 amide bonds. The van der Waals surface area contributed by atoms with Crippen LogP contribution in [-0.4, -0.2) is 84.6 Å². The van der Waals surface area contributed by atoms with Crippen LogP contribution in [0.3, 0.4) is 0 Å². The Labute approximate surface area is 208 Å². The van der Waals surface area contributed by atoms with Crippen molar-refractivity contribution in [1.29, 1.82) is 0 Å². The average molecular weight is 483 g/mol. The monoisotopic (exact) mass is 482 g/mol. The third-order valence-corrected chi connectivity index (χ3v) is 6.79. The number of piperidine rings is 2. The van der Waals surface area contributed by atoms with Crippen molar-refractivity contribution >= 4 is 23.6 Å². The molecule has 190 valence electrons. The molecular formula is C27H38N4O4. The van der Waals surface area contributed by atoms with Gasteiger partial charge in [0.25, 0.3) is 23.6 Å². The van der Waals surface area contributed by atoms with Crippen molar-refractivity contribution in [2.45, 2.75) is 38.5 Å². The van der Waals surface area contributed by atoms with Crippen LogP contribution in [0.15, 0.2) is 48.6 Å². The summed E-state index contributed by atoms with van der Waals surface area (Å²) < 4.78 is 0. The first-order valence-electron chi connectivity index (χ1n) is 12.7. The number of likely N-dealkylation sites (tertiary alicyclic amines) is 1. The molecule has 8 nitrogen and oxygen atoms in total. The van der Waals surface area contributed by atoms with Gasteiger partial charge < -0.3 is 10.2 Å². The maximum absolute atomic E-state index is 11.9. The van der Waals surface area contributed by atoms with Crippen LogP contribution < -0.4 is 5.32 Å². The Morgan fingerprint density at radius 2 is 1.23 bits per heavy atom. The van der Waals surface area contributed by atoms with Gasteiger partial charge in [-0.25, -0.2) is 0 Å². The predicted octanol–water partition coefficient (Wildman–Crippen LogP) is 2.06. The molecule has 0 aromatic heterocycles. The lowest BCUT2D eigenvalue weighted by Gasteiger charge is -2.27. The molecule has 0 bridgehead atoms. The number of allylic oxidation sites excluding steroid dienone is 2. The van der Waals surface area contributed by atoms with Gasteiger partial charge in [0.1, 0.15) is 0 Å². The van der Waals surface area contributed by atoms with E-state index in [0.717, 1.165) is 64.7 Å². The number of hydrogen-bond acceptors (Lipinski definition) is 6. The molecule has 8 heteroatoms. The number of nitrogens with one attached hydrogen (secondary N) is 1. The van der Waals surface area contributed by atoms with Gasteiger partial charge in [0, 0.05) is 13.1 Å². The summed E-state index contributed by atoms with van der Waals surface area (Å²) in [5.41, 5.74) is 0. The van der Waals surface area contributed by atoms with E-state index in [1.807, 2.05) is 24.3 Å². The van der Waals surface area contributed by atoms with Crippen molar-refractivity contribution in [2.24, 2.45) is 11.8 Å². The topological polar surface area (TPSA) is 90.0 Å². The fourth-order valence-electron chi connectivity index (χ4n) is 4.49. The molecule has 1 N–H and O–H groups in total. The number of carbonyl (C=O) groups is 4. The van der Waals surface area contributed by atoms with Crippen LogP contribution in [0.5, 0.6) is 0 Å². The third kappa shape index (κ3) is 8.71. The smallest absolute Gasteiger partial charge is 0.253 e. The first kappa shape index (κ1) is 26.8. The van der Waals surface area contributed by atoms with Gasteiger partial charge in [0.05, 0.1) is 0 Å². The molecule has 0 saturated carbocycles. The molecule has 0 aromatic carbocycles. The summed E-state index contributed by atoms with van der Waals surface area (Å²) in [5, 5.41) is 3.28. The van der Waals surface area contributed by atoms with Gasteiger partial charge in [-0.3, -0.25) is 29.0 Å². The van der Waals surface area contributed by atoms with E-state index in [9.17, 15) is 19.2 Å². The molecule has 4 aliphatic heterocycles. The van der Waals surface area contributed by atoms with E-state index in [-0.39, 0.29) is 23.6 Å². The minimum Gasteiger partial charge on any atom is -0.317 e. The van der Waals surface area contributed by atoms with E-state index in [1.165, 1.54) is 22.0 Å². The molecule has 0 radical (unpaired) electrons. The number of imide groups is 2. The van der Waals surface area contributed by atoms with Crippen LogP contribution in [0.2, 0.25) is 0 Å². The van der Waals surface area contributed by atoms with Crippen molar-refractivity contribution < 1.29 is 19.2 Å². The highest BCUT2D eigenvalue weighted by Gasteiger charge is 2.21. The van der Waals surface area contributed by atoms with Crippen molar-refractivity contribution in [1.82, 2.24) is 20.0 Å². The van der Waals surface area contributed by atoms with E-state index in [2.05, 4.69) is 17.3 Å². The van der Waals surface area contributed by atoms with E-state index in [4.69, 9.17) is 0 Å². The maximum Gasteiger partial charge on any atom is 0.253 e. The van der Waals surface area contributed by atoms with Gasteiger partial charge in [0.2, 0.25) is 0 Å². The SMILES string of the molecule is CN1CCC(/C=C/C(=O)N2CCC=CC2=O)CC1.O=C1C=CCCN1C(=O)/C=C/C1CCNCC1. The molecule has 2 saturated heterocycles. The van der Waals surface area contributed by atoms with Crippen molar-refractivity contribution in [3.05, 3.63) is 48.6 Å². The van der Waals surface area contributed by atoms with Crippen LogP contribution in [0.4, 0.5) is 0 Å². The molecule has 4 rings (SSSR count). The zero-order valence-electron chi connectivity index (χ0n) is 20.7. The summed E-state index contributed by atoms with van der Waals surface area (Å²) in [5.74, 6) is 0.188. The van der Waals surface area contributed by atoms with Crippen LogP contribution in [0.25, 0.3) is 0 Å². The van der Waals surface area contributed by atoms with E-state index >= 15 is 0 Å². The summed E-state index contributed by atoms with van der Waals surface area (Å²) in [7, 11) is 2.11. The molecule has 0 unspecified atom stereocenters. The Balaban J connectivity index is 0.000000196. The molecule has 0 aliphatic carbocycles. The van der Waals surface area contributed by atoms with E-state index < -0.39 is 0 Å². The maximum atomic E-state index is 11.9. The second kappa shape index (κ2) is 13.9. The minimum atomic E-state index is -0.198. The zero-order chi connectivity index (χ0) is 25.0. The van der Waals surface area contributed by atoms with Crippen molar-refractivity contribution in [2.75, 3.05) is 46.3 Å². The largest absolute Gasteiger partial charge is 0.317 e. The number of hydrogen-bond donors (Lipinski definition) is 1. The summed E-state index contributed by atoms with van der Waals surface area (Å²) in [6.07, 6.45) is 19.5.